The first-order valence-electron chi connectivity index (χ1n) is 10.9. The molecular formula is C23H21FN4O5S2. The van der Waals surface area contributed by atoms with Crippen molar-refractivity contribution in [2.45, 2.75) is 30.7 Å². The van der Waals surface area contributed by atoms with Crippen molar-refractivity contribution in [3.05, 3.63) is 52.3 Å². The van der Waals surface area contributed by atoms with E-state index >= 15 is 0 Å². The van der Waals surface area contributed by atoms with E-state index in [4.69, 9.17) is 0 Å². The minimum Gasteiger partial charge on any atom is -0.352 e. The minimum absolute atomic E-state index is 0.0112. The molecule has 1 atom stereocenters. The highest BCUT2D eigenvalue weighted by Gasteiger charge is 2.34. The molecule has 12 heteroatoms. The molecule has 3 N–H and O–H groups in total. The number of nitrogens with one attached hydrogen (secondary N) is 3. The zero-order chi connectivity index (χ0) is 24.9. The highest BCUT2D eigenvalue weighted by Crippen LogP contribution is 2.35. The fourth-order valence-corrected chi connectivity index (χ4v) is 6.48. The molecule has 5 rings (SSSR count). The number of benzene rings is 2. The Balaban J connectivity index is 1.44. The monoisotopic (exact) mass is 516 g/mol. The lowest BCUT2D eigenvalue weighted by Crippen LogP contribution is -2.41. The van der Waals surface area contributed by atoms with Crippen LogP contribution in [-0.4, -0.2) is 50.0 Å². The summed E-state index contributed by atoms with van der Waals surface area (Å²) < 4.78 is 40.4. The van der Waals surface area contributed by atoms with Crippen LogP contribution in [0.5, 0.6) is 0 Å². The third-order valence-corrected chi connectivity index (χ3v) is 8.38. The third-order valence-electron chi connectivity index (χ3n) is 5.85. The van der Waals surface area contributed by atoms with Gasteiger partial charge in [0.15, 0.2) is 15.1 Å². The van der Waals surface area contributed by atoms with Crippen molar-refractivity contribution >= 4 is 49.1 Å². The number of hydrogen-bond donors (Lipinski definition) is 3. The van der Waals surface area contributed by atoms with Gasteiger partial charge in [0.25, 0.3) is 5.91 Å². The number of aromatic nitrogens is 1. The molecular weight excluding hydrogens is 495 g/mol. The average molecular weight is 517 g/mol. The standard InChI is InChI=1S/C23H21FN4O5S2/c1-35(32,33)20(22(31)26-10-19(29)27-13-3-4-13)23-28-17-8-16(24)15(7-18(17)34-23)11-2-5-14-12(6-11)9-25-21(14)30/h2,5-8,13,20H,3-4,9-10H2,1H3,(H,25,30)(H,26,31)(H,27,29). The van der Waals surface area contributed by atoms with Crippen LogP contribution in [0.1, 0.15) is 39.0 Å². The van der Waals surface area contributed by atoms with Crippen molar-refractivity contribution in [2.24, 2.45) is 0 Å². The molecule has 9 nitrogen and oxygen atoms in total. The molecule has 0 radical (unpaired) electrons. The Labute approximate surface area is 204 Å². The van der Waals surface area contributed by atoms with Gasteiger partial charge >= 0.3 is 0 Å². The van der Waals surface area contributed by atoms with Crippen molar-refractivity contribution in [3.8, 4) is 11.1 Å². The maximum atomic E-state index is 15.0. The van der Waals surface area contributed by atoms with Crippen LogP contribution in [0.4, 0.5) is 4.39 Å². The fraction of sp³-hybridized carbons (Fsp3) is 0.304. The first-order valence-corrected chi connectivity index (χ1v) is 13.6. The Morgan fingerprint density at radius 2 is 2.00 bits per heavy atom. The van der Waals surface area contributed by atoms with Crippen LogP contribution in [0, 0.1) is 5.82 Å². The van der Waals surface area contributed by atoms with Crippen LogP contribution in [0.3, 0.4) is 0 Å². The summed E-state index contributed by atoms with van der Waals surface area (Å²) in [4.78, 5) is 40.7. The molecule has 35 heavy (non-hydrogen) atoms. The van der Waals surface area contributed by atoms with Crippen LogP contribution >= 0.6 is 11.3 Å². The molecule has 1 saturated carbocycles. The lowest BCUT2D eigenvalue weighted by Gasteiger charge is -2.12. The van der Waals surface area contributed by atoms with Crippen molar-refractivity contribution in [2.75, 3.05) is 12.8 Å². The van der Waals surface area contributed by atoms with Gasteiger partial charge < -0.3 is 16.0 Å². The second-order valence-corrected chi connectivity index (χ2v) is 11.9. The van der Waals surface area contributed by atoms with Crippen LogP contribution in [0.2, 0.25) is 0 Å². The molecule has 0 bridgehead atoms. The molecule has 1 fully saturated rings. The highest BCUT2D eigenvalue weighted by molar-refractivity contribution is 7.91. The average Bonchev–Trinajstić information content (AvgIpc) is 3.39. The Bertz CT molecular complexity index is 1500. The minimum atomic E-state index is -3.94. The van der Waals surface area contributed by atoms with Gasteiger partial charge in [-0.1, -0.05) is 6.07 Å². The second-order valence-electron chi connectivity index (χ2n) is 8.68. The van der Waals surface area contributed by atoms with Gasteiger partial charge in [0.2, 0.25) is 11.8 Å². The van der Waals surface area contributed by atoms with E-state index in [9.17, 15) is 27.2 Å². The van der Waals surface area contributed by atoms with E-state index in [-0.39, 0.29) is 34.6 Å². The fourth-order valence-electron chi connectivity index (χ4n) is 3.96. The maximum Gasteiger partial charge on any atom is 0.251 e. The van der Waals surface area contributed by atoms with E-state index in [1.54, 1.807) is 24.3 Å². The van der Waals surface area contributed by atoms with Gasteiger partial charge in [-0.05, 0) is 42.2 Å². The van der Waals surface area contributed by atoms with Crippen molar-refractivity contribution in [1.82, 2.24) is 20.9 Å². The molecule has 1 aliphatic carbocycles. The number of rotatable bonds is 7. The SMILES string of the molecule is CS(=O)(=O)C(C(=O)NCC(=O)NC1CC1)c1nc2cc(F)c(-c3ccc4c(c3)CNC4=O)cc2s1. The number of carbonyl (C=O) groups excluding carboxylic acids is 3. The summed E-state index contributed by atoms with van der Waals surface area (Å²) >= 11 is 0.974. The molecule has 1 aliphatic heterocycles. The second kappa shape index (κ2) is 8.68. The number of thiazole rings is 1. The summed E-state index contributed by atoms with van der Waals surface area (Å²) in [5, 5.41) is 6.16. The number of amides is 3. The van der Waals surface area contributed by atoms with Gasteiger partial charge in [-0.15, -0.1) is 11.3 Å². The first kappa shape index (κ1) is 23.4. The molecule has 0 saturated heterocycles. The lowest BCUT2D eigenvalue weighted by molar-refractivity contribution is -0.126. The predicted octanol–water partition coefficient (Wildman–Crippen LogP) is 1.83. The van der Waals surface area contributed by atoms with Crippen molar-refractivity contribution in [3.63, 3.8) is 0 Å². The number of halogens is 1. The number of hydrogen-bond acceptors (Lipinski definition) is 7. The Morgan fingerprint density at radius 3 is 2.71 bits per heavy atom. The largest absolute Gasteiger partial charge is 0.352 e. The Kier molecular flexibility index (Phi) is 5.80. The molecule has 0 spiro atoms. The summed E-state index contributed by atoms with van der Waals surface area (Å²) in [6.07, 6.45) is 2.69. The zero-order valence-electron chi connectivity index (χ0n) is 18.6. The molecule has 1 aromatic heterocycles. The van der Waals surface area contributed by atoms with Gasteiger partial charge in [-0.2, -0.15) is 0 Å². The summed E-state index contributed by atoms with van der Waals surface area (Å²) in [5.74, 6) is -2.00. The quantitative estimate of drug-likeness (QED) is 0.439. The first-order chi connectivity index (χ1) is 16.6. The molecule has 3 aromatic rings. The summed E-state index contributed by atoms with van der Waals surface area (Å²) in [5.41, 5.74) is 2.36. The lowest BCUT2D eigenvalue weighted by atomic mass is 10.00. The molecule has 2 aliphatic rings. The maximum absolute atomic E-state index is 15.0. The number of fused-ring (bicyclic) bond motifs is 2. The van der Waals surface area contributed by atoms with Gasteiger partial charge in [0.1, 0.15) is 10.8 Å². The number of carbonyl (C=O) groups is 3. The molecule has 2 heterocycles. The predicted molar refractivity (Wildman–Crippen MR) is 128 cm³/mol. The molecule has 182 valence electrons. The van der Waals surface area contributed by atoms with Crippen LogP contribution in [0.15, 0.2) is 30.3 Å². The number of sulfone groups is 1. The topological polar surface area (TPSA) is 134 Å². The van der Waals surface area contributed by atoms with Crippen LogP contribution in [0.25, 0.3) is 21.3 Å². The Morgan fingerprint density at radius 1 is 1.23 bits per heavy atom. The summed E-state index contributed by atoms with van der Waals surface area (Å²) in [7, 11) is -3.94. The van der Waals surface area contributed by atoms with Crippen molar-refractivity contribution < 1.29 is 27.2 Å². The van der Waals surface area contributed by atoms with E-state index in [1.165, 1.54) is 6.07 Å². The normalized spacial score (nSPS) is 16.0. The van der Waals surface area contributed by atoms with Gasteiger partial charge in [-0.3, -0.25) is 14.4 Å². The third kappa shape index (κ3) is 4.76. The van der Waals surface area contributed by atoms with Gasteiger partial charge in [-0.25, -0.2) is 17.8 Å². The highest BCUT2D eigenvalue weighted by atomic mass is 32.2. The van der Waals surface area contributed by atoms with E-state index in [0.717, 1.165) is 36.0 Å². The smallest absolute Gasteiger partial charge is 0.251 e. The van der Waals surface area contributed by atoms with E-state index < -0.39 is 32.7 Å². The van der Waals surface area contributed by atoms with E-state index in [1.807, 2.05) is 0 Å². The number of nitrogens with zero attached hydrogens (tertiary/aromatic N) is 1. The van der Waals surface area contributed by atoms with Crippen LogP contribution < -0.4 is 16.0 Å². The van der Waals surface area contributed by atoms with E-state index in [0.29, 0.717) is 22.4 Å². The summed E-state index contributed by atoms with van der Waals surface area (Å²) in [6, 6.07) is 7.88. The van der Waals surface area contributed by atoms with Gasteiger partial charge in [0, 0.05) is 36.0 Å². The van der Waals surface area contributed by atoms with Gasteiger partial charge in [0.05, 0.1) is 16.8 Å². The molecule has 1 unspecified atom stereocenters. The van der Waals surface area contributed by atoms with E-state index in [2.05, 4.69) is 20.9 Å². The van der Waals surface area contributed by atoms with Crippen molar-refractivity contribution in [1.29, 1.82) is 0 Å². The zero-order valence-corrected chi connectivity index (χ0v) is 20.2. The van der Waals surface area contributed by atoms with Crippen LogP contribution in [-0.2, 0) is 26.0 Å². The summed E-state index contributed by atoms with van der Waals surface area (Å²) in [6.45, 7) is 0.0150. The molecule has 2 aromatic carbocycles. The Hall–Kier alpha value is -3.38. The molecule has 3 amide bonds.